The highest BCUT2D eigenvalue weighted by atomic mass is 16.5. The van der Waals surface area contributed by atoms with E-state index >= 15 is 0 Å². The summed E-state index contributed by atoms with van der Waals surface area (Å²) < 4.78 is 10.0. The molecule has 0 spiro atoms. The molecule has 0 aromatic heterocycles. The first-order chi connectivity index (χ1) is 12.0. The second-order valence-corrected chi connectivity index (χ2v) is 5.53. The van der Waals surface area contributed by atoms with E-state index < -0.39 is 5.97 Å². The molecule has 25 heavy (non-hydrogen) atoms. The van der Waals surface area contributed by atoms with Crippen LogP contribution in [-0.2, 0) is 14.3 Å². The fourth-order valence-corrected chi connectivity index (χ4v) is 2.25. The molecule has 0 saturated carbocycles. The van der Waals surface area contributed by atoms with Crippen molar-refractivity contribution >= 4 is 23.6 Å². The van der Waals surface area contributed by atoms with E-state index in [-0.39, 0.29) is 12.5 Å². The van der Waals surface area contributed by atoms with E-state index in [1.807, 2.05) is 44.2 Å². The second kappa shape index (κ2) is 8.68. The van der Waals surface area contributed by atoms with Crippen LogP contribution >= 0.6 is 0 Å². The summed E-state index contributed by atoms with van der Waals surface area (Å²) in [6.45, 7) is 3.48. The summed E-state index contributed by atoms with van der Waals surface area (Å²) in [7, 11) is 1.59. The van der Waals surface area contributed by atoms with Crippen molar-refractivity contribution in [3.8, 4) is 5.75 Å². The number of benzene rings is 2. The number of para-hydroxylation sites is 1. The van der Waals surface area contributed by atoms with E-state index in [4.69, 9.17) is 9.47 Å². The molecular formula is C20H21NO4. The molecular weight excluding hydrogens is 318 g/mol. The largest absolute Gasteiger partial charge is 0.497 e. The number of esters is 1. The van der Waals surface area contributed by atoms with E-state index in [9.17, 15) is 9.59 Å². The van der Waals surface area contributed by atoms with Gasteiger partial charge in [0.25, 0.3) is 5.91 Å². The Labute approximate surface area is 147 Å². The number of hydrogen-bond acceptors (Lipinski definition) is 4. The van der Waals surface area contributed by atoms with Gasteiger partial charge in [0, 0.05) is 11.8 Å². The summed E-state index contributed by atoms with van der Waals surface area (Å²) >= 11 is 0. The Morgan fingerprint density at radius 1 is 1.04 bits per heavy atom. The zero-order valence-corrected chi connectivity index (χ0v) is 14.5. The molecule has 0 fully saturated rings. The fraction of sp³-hybridized carbons (Fsp3) is 0.200. The van der Waals surface area contributed by atoms with Gasteiger partial charge in [0.2, 0.25) is 0 Å². The molecule has 0 bridgehead atoms. The Kier molecular flexibility index (Phi) is 6.34. The predicted octanol–water partition coefficient (Wildman–Crippen LogP) is 3.51. The highest BCUT2D eigenvalue weighted by Crippen LogP contribution is 2.19. The highest BCUT2D eigenvalue weighted by molar-refractivity contribution is 5.95. The Balaban J connectivity index is 1.84. The molecule has 2 aromatic rings. The minimum atomic E-state index is -0.576. The van der Waals surface area contributed by atoms with E-state index in [0.717, 1.165) is 28.1 Å². The maximum atomic E-state index is 11.9. The first kappa shape index (κ1) is 18.3. The molecule has 2 aromatic carbocycles. The van der Waals surface area contributed by atoms with Crippen LogP contribution in [0.15, 0.2) is 48.5 Å². The Bertz CT molecular complexity index is 759. The maximum Gasteiger partial charge on any atom is 0.331 e. The van der Waals surface area contributed by atoms with Gasteiger partial charge in [-0.25, -0.2) is 4.79 Å². The van der Waals surface area contributed by atoms with Gasteiger partial charge in [-0.1, -0.05) is 30.3 Å². The highest BCUT2D eigenvalue weighted by Gasteiger charge is 2.09. The van der Waals surface area contributed by atoms with Crippen molar-refractivity contribution in [3.05, 3.63) is 65.2 Å². The van der Waals surface area contributed by atoms with Gasteiger partial charge in [-0.2, -0.15) is 0 Å². The van der Waals surface area contributed by atoms with Crippen molar-refractivity contribution in [2.24, 2.45) is 0 Å². The number of aryl methyl sites for hydroxylation is 2. The summed E-state index contributed by atoms with van der Waals surface area (Å²) in [5.74, 6) is -0.209. The van der Waals surface area contributed by atoms with Gasteiger partial charge in [-0.3, -0.25) is 4.79 Å². The summed E-state index contributed by atoms with van der Waals surface area (Å²) in [6.07, 6.45) is 2.90. The summed E-state index contributed by atoms with van der Waals surface area (Å²) in [4.78, 5) is 23.7. The van der Waals surface area contributed by atoms with E-state index in [2.05, 4.69) is 5.32 Å². The molecule has 5 heteroatoms. The lowest BCUT2D eigenvalue weighted by atomic mass is 10.1. The van der Waals surface area contributed by atoms with Crippen LogP contribution in [0, 0.1) is 13.8 Å². The molecule has 0 unspecified atom stereocenters. The third kappa shape index (κ3) is 5.49. The van der Waals surface area contributed by atoms with Crippen molar-refractivity contribution < 1.29 is 19.1 Å². The van der Waals surface area contributed by atoms with Crippen LogP contribution in [0.3, 0.4) is 0 Å². The van der Waals surface area contributed by atoms with Crippen LogP contribution in [0.25, 0.3) is 6.08 Å². The van der Waals surface area contributed by atoms with Crippen molar-refractivity contribution in [1.82, 2.24) is 0 Å². The molecule has 0 atom stereocenters. The summed E-state index contributed by atoms with van der Waals surface area (Å²) in [5.41, 5.74) is 3.49. The van der Waals surface area contributed by atoms with Crippen LogP contribution < -0.4 is 10.1 Å². The van der Waals surface area contributed by atoms with Crippen LogP contribution in [0.2, 0.25) is 0 Å². The van der Waals surface area contributed by atoms with Crippen molar-refractivity contribution in [2.75, 3.05) is 19.0 Å². The van der Waals surface area contributed by atoms with Gasteiger partial charge in [0.05, 0.1) is 7.11 Å². The van der Waals surface area contributed by atoms with Crippen LogP contribution in [0.1, 0.15) is 16.7 Å². The van der Waals surface area contributed by atoms with Crippen LogP contribution in [0.4, 0.5) is 5.69 Å². The number of rotatable bonds is 6. The molecule has 1 amide bonds. The van der Waals surface area contributed by atoms with Crippen molar-refractivity contribution in [3.63, 3.8) is 0 Å². The van der Waals surface area contributed by atoms with Crippen molar-refractivity contribution in [2.45, 2.75) is 13.8 Å². The third-order valence-corrected chi connectivity index (χ3v) is 3.62. The molecule has 130 valence electrons. The number of carbonyl (C=O) groups excluding carboxylic acids is 2. The van der Waals surface area contributed by atoms with Gasteiger partial charge >= 0.3 is 5.97 Å². The van der Waals surface area contributed by atoms with E-state index in [1.165, 1.54) is 6.08 Å². The first-order valence-electron chi connectivity index (χ1n) is 7.84. The smallest absolute Gasteiger partial charge is 0.331 e. The van der Waals surface area contributed by atoms with Gasteiger partial charge < -0.3 is 14.8 Å². The number of hydrogen-bond donors (Lipinski definition) is 1. The quantitative estimate of drug-likeness (QED) is 0.646. The lowest BCUT2D eigenvalue weighted by molar-refractivity contribution is -0.142. The number of amides is 1. The molecule has 0 radical (unpaired) electrons. The third-order valence-electron chi connectivity index (χ3n) is 3.62. The second-order valence-electron chi connectivity index (χ2n) is 5.53. The van der Waals surface area contributed by atoms with E-state index in [0.29, 0.717) is 0 Å². The molecule has 0 aliphatic carbocycles. The Morgan fingerprint density at radius 3 is 2.28 bits per heavy atom. The SMILES string of the molecule is COc1ccc(C=CC(=O)OCC(=O)Nc2c(C)cccc2C)cc1. The molecule has 0 heterocycles. The predicted molar refractivity (Wildman–Crippen MR) is 97.5 cm³/mol. The molecule has 0 aliphatic rings. The molecule has 1 N–H and O–H groups in total. The van der Waals surface area contributed by atoms with Crippen molar-refractivity contribution in [1.29, 1.82) is 0 Å². The minimum absolute atomic E-state index is 0.334. The number of carbonyl (C=O) groups is 2. The Morgan fingerprint density at radius 2 is 1.68 bits per heavy atom. The normalized spacial score (nSPS) is 10.5. The number of anilines is 1. The monoisotopic (exact) mass is 339 g/mol. The van der Waals surface area contributed by atoms with Gasteiger partial charge in [-0.05, 0) is 48.7 Å². The number of ether oxygens (including phenoxy) is 2. The lowest BCUT2D eigenvalue weighted by Gasteiger charge is -2.11. The van der Waals surface area contributed by atoms with Crippen LogP contribution in [0.5, 0.6) is 5.75 Å². The standard InChI is InChI=1S/C20H21NO4/c1-14-5-4-6-15(2)20(14)21-18(22)13-25-19(23)12-9-16-7-10-17(24-3)11-8-16/h4-12H,13H2,1-3H3,(H,21,22). The average Bonchev–Trinajstić information content (AvgIpc) is 2.62. The summed E-state index contributed by atoms with van der Waals surface area (Å²) in [5, 5.41) is 2.77. The molecule has 0 aliphatic heterocycles. The number of methoxy groups -OCH3 is 1. The zero-order chi connectivity index (χ0) is 18.2. The fourth-order valence-electron chi connectivity index (χ4n) is 2.25. The maximum absolute atomic E-state index is 11.9. The first-order valence-corrected chi connectivity index (χ1v) is 7.84. The molecule has 0 saturated heterocycles. The topological polar surface area (TPSA) is 64.6 Å². The summed E-state index contributed by atoms with van der Waals surface area (Å²) in [6, 6.07) is 13.0. The van der Waals surface area contributed by atoms with Gasteiger partial charge in [0.15, 0.2) is 6.61 Å². The van der Waals surface area contributed by atoms with Gasteiger partial charge in [0.1, 0.15) is 5.75 Å². The zero-order valence-electron chi connectivity index (χ0n) is 14.5. The number of nitrogens with one attached hydrogen (secondary N) is 1. The Hall–Kier alpha value is -3.08. The van der Waals surface area contributed by atoms with Gasteiger partial charge in [-0.15, -0.1) is 0 Å². The molecule has 2 rings (SSSR count). The van der Waals surface area contributed by atoms with E-state index in [1.54, 1.807) is 25.3 Å². The average molecular weight is 339 g/mol. The van der Waals surface area contributed by atoms with Crippen LogP contribution in [-0.4, -0.2) is 25.6 Å². The molecule has 5 nitrogen and oxygen atoms in total. The minimum Gasteiger partial charge on any atom is -0.497 e. The lowest BCUT2D eigenvalue weighted by Crippen LogP contribution is -2.21.